The number of anilines is 1. The smallest absolute Gasteiger partial charge is 0.272 e. The highest BCUT2D eigenvalue weighted by Crippen LogP contribution is 2.22. The van der Waals surface area contributed by atoms with Gasteiger partial charge < -0.3 is 10.1 Å². The summed E-state index contributed by atoms with van der Waals surface area (Å²) in [7, 11) is 1.66. The molecule has 0 amide bonds. The molecule has 2 aromatic rings. The van der Waals surface area contributed by atoms with E-state index >= 15 is 0 Å². The standard InChI is InChI=1S/C16H18N2O3/c1-12-11-14(7-8-15(12)18(19)20)17-10-9-13-5-3-4-6-16(13)21-2/h3-8,11,17H,9-10H2,1-2H3. The first kappa shape index (κ1) is 14.8. The highest BCUT2D eigenvalue weighted by Gasteiger charge is 2.10. The lowest BCUT2D eigenvalue weighted by Gasteiger charge is -2.10. The van der Waals surface area contributed by atoms with Crippen molar-refractivity contribution in [2.75, 3.05) is 19.0 Å². The summed E-state index contributed by atoms with van der Waals surface area (Å²) in [6.45, 7) is 2.47. The van der Waals surface area contributed by atoms with E-state index < -0.39 is 0 Å². The van der Waals surface area contributed by atoms with Gasteiger partial charge >= 0.3 is 0 Å². The molecule has 0 atom stereocenters. The molecule has 5 nitrogen and oxygen atoms in total. The van der Waals surface area contributed by atoms with E-state index in [0.29, 0.717) is 5.56 Å². The lowest BCUT2D eigenvalue weighted by atomic mass is 10.1. The zero-order valence-electron chi connectivity index (χ0n) is 12.1. The lowest BCUT2D eigenvalue weighted by molar-refractivity contribution is -0.385. The summed E-state index contributed by atoms with van der Waals surface area (Å²) < 4.78 is 5.31. The van der Waals surface area contributed by atoms with Crippen LogP contribution < -0.4 is 10.1 Å². The van der Waals surface area contributed by atoms with Crippen LogP contribution in [-0.2, 0) is 6.42 Å². The molecule has 0 bridgehead atoms. The van der Waals surface area contributed by atoms with Crippen molar-refractivity contribution in [3.8, 4) is 5.75 Å². The Morgan fingerprint density at radius 1 is 1.24 bits per heavy atom. The fourth-order valence-electron chi connectivity index (χ4n) is 2.22. The number of nitrogens with one attached hydrogen (secondary N) is 1. The molecule has 0 spiro atoms. The first-order valence-electron chi connectivity index (χ1n) is 6.72. The molecular formula is C16H18N2O3. The fourth-order valence-corrected chi connectivity index (χ4v) is 2.22. The molecule has 0 fully saturated rings. The van der Waals surface area contributed by atoms with Crippen LogP contribution in [0.4, 0.5) is 11.4 Å². The zero-order chi connectivity index (χ0) is 15.2. The van der Waals surface area contributed by atoms with Gasteiger partial charge in [-0.05, 0) is 37.1 Å². The highest BCUT2D eigenvalue weighted by molar-refractivity contribution is 5.53. The summed E-state index contributed by atoms with van der Waals surface area (Å²) in [5, 5.41) is 14.0. The molecule has 5 heteroatoms. The summed E-state index contributed by atoms with van der Waals surface area (Å²) in [6, 6.07) is 12.9. The second kappa shape index (κ2) is 6.74. The molecule has 0 heterocycles. The van der Waals surface area contributed by atoms with E-state index in [9.17, 15) is 10.1 Å². The van der Waals surface area contributed by atoms with Gasteiger partial charge in [0.25, 0.3) is 5.69 Å². The predicted octanol–water partition coefficient (Wildman–Crippen LogP) is 3.57. The van der Waals surface area contributed by atoms with Crippen LogP contribution in [0.5, 0.6) is 5.75 Å². The van der Waals surface area contributed by atoms with Gasteiger partial charge in [0.15, 0.2) is 0 Å². The quantitative estimate of drug-likeness (QED) is 0.651. The Balaban J connectivity index is 1.97. The largest absolute Gasteiger partial charge is 0.496 e. The van der Waals surface area contributed by atoms with Crippen LogP contribution in [0.3, 0.4) is 0 Å². The molecule has 1 N–H and O–H groups in total. The SMILES string of the molecule is COc1ccccc1CCNc1ccc([N+](=O)[O-])c(C)c1. The molecule has 0 unspecified atom stereocenters. The summed E-state index contributed by atoms with van der Waals surface area (Å²) in [4.78, 5) is 10.4. The summed E-state index contributed by atoms with van der Waals surface area (Å²) in [5.41, 5.74) is 2.81. The van der Waals surface area contributed by atoms with Crippen molar-refractivity contribution < 1.29 is 9.66 Å². The minimum atomic E-state index is -0.367. The summed E-state index contributed by atoms with van der Waals surface area (Å²) >= 11 is 0. The van der Waals surface area contributed by atoms with E-state index in [-0.39, 0.29) is 10.6 Å². The number of hydrogen-bond donors (Lipinski definition) is 1. The van der Waals surface area contributed by atoms with Gasteiger partial charge in [-0.3, -0.25) is 10.1 Å². The van der Waals surface area contributed by atoms with Gasteiger partial charge in [-0.25, -0.2) is 0 Å². The monoisotopic (exact) mass is 286 g/mol. The summed E-state index contributed by atoms with van der Waals surface area (Å²) in [6.07, 6.45) is 0.819. The van der Waals surface area contributed by atoms with Crippen LogP contribution in [0.2, 0.25) is 0 Å². The summed E-state index contributed by atoms with van der Waals surface area (Å²) in [5.74, 6) is 0.874. The lowest BCUT2D eigenvalue weighted by Crippen LogP contribution is -2.06. The average Bonchev–Trinajstić information content (AvgIpc) is 2.47. The molecule has 0 aliphatic rings. The third kappa shape index (κ3) is 3.72. The molecule has 0 aromatic heterocycles. The van der Waals surface area contributed by atoms with E-state index in [0.717, 1.165) is 30.0 Å². The number of rotatable bonds is 6. The number of benzene rings is 2. The molecule has 0 radical (unpaired) electrons. The maximum atomic E-state index is 10.8. The zero-order valence-corrected chi connectivity index (χ0v) is 12.1. The molecule has 2 rings (SSSR count). The van der Waals surface area contributed by atoms with E-state index in [1.54, 1.807) is 26.2 Å². The molecule has 0 aliphatic heterocycles. The molecule has 110 valence electrons. The fraction of sp³-hybridized carbons (Fsp3) is 0.250. The van der Waals surface area contributed by atoms with Crippen molar-refractivity contribution in [2.24, 2.45) is 0 Å². The number of nitrogens with zero attached hydrogens (tertiary/aromatic N) is 1. The van der Waals surface area contributed by atoms with Crippen molar-refractivity contribution in [1.29, 1.82) is 0 Å². The van der Waals surface area contributed by atoms with Crippen LogP contribution in [0.15, 0.2) is 42.5 Å². The Hall–Kier alpha value is -2.56. The highest BCUT2D eigenvalue weighted by atomic mass is 16.6. The molecule has 0 aliphatic carbocycles. The first-order valence-corrected chi connectivity index (χ1v) is 6.72. The Kier molecular flexibility index (Phi) is 4.77. The minimum absolute atomic E-state index is 0.144. The Morgan fingerprint density at radius 2 is 2.00 bits per heavy atom. The van der Waals surface area contributed by atoms with Crippen molar-refractivity contribution in [3.63, 3.8) is 0 Å². The third-order valence-corrected chi connectivity index (χ3v) is 3.31. The topological polar surface area (TPSA) is 64.4 Å². The number of methoxy groups -OCH3 is 1. The number of nitro groups is 1. The molecular weight excluding hydrogens is 268 g/mol. The van der Waals surface area contributed by atoms with Crippen molar-refractivity contribution in [2.45, 2.75) is 13.3 Å². The maximum absolute atomic E-state index is 10.8. The van der Waals surface area contributed by atoms with Gasteiger partial charge in [0.2, 0.25) is 0 Å². The second-order valence-electron chi connectivity index (χ2n) is 4.75. The minimum Gasteiger partial charge on any atom is -0.496 e. The van der Waals surface area contributed by atoms with E-state index in [1.807, 2.05) is 24.3 Å². The van der Waals surface area contributed by atoms with E-state index in [1.165, 1.54) is 6.07 Å². The Bertz CT molecular complexity index is 641. The number of hydrogen-bond acceptors (Lipinski definition) is 4. The van der Waals surface area contributed by atoms with Crippen LogP contribution in [0.25, 0.3) is 0 Å². The van der Waals surface area contributed by atoms with Gasteiger partial charge in [-0.1, -0.05) is 18.2 Å². The Morgan fingerprint density at radius 3 is 2.67 bits per heavy atom. The van der Waals surface area contributed by atoms with Crippen LogP contribution in [0, 0.1) is 17.0 Å². The van der Waals surface area contributed by atoms with E-state index in [2.05, 4.69) is 5.32 Å². The Labute approximate surface area is 123 Å². The molecule has 2 aromatic carbocycles. The maximum Gasteiger partial charge on any atom is 0.272 e. The van der Waals surface area contributed by atoms with Crippen LogP contribution in [-0.4, -0.2) is 18.6 Å². The van der Waals surface area contributed by atoms with Gasteiger partial charge in [0, 0.05) is 23.9 Å². The third-order valence-electron chi connectivity index (χ3n) is 3.31. The van der Waals surface area contributed by atoms with Crippen molar-refractivity contribution in [3.05, 3.63) is 63.7 Å². The van der Waals surface area contributed by atoms with Crippen molar-refractivity contribution >= 4 is 11.4 Å². The molecule has 21 heavy (non-hydrogen) atoms. The van der Waals surface area contributed by atoms with Gasteiger partial charge in [0.1, 0.15) is 5.75 Å². The normalized spacial score (nSPS) is 10.2. The second-order valence-corrected chi connectivity index (χ2v) is 4.75. The van der Waals surface area contributed by atoms with Crippen LogP contribution in [0.1, 0.15) is 11.1 Å². The van der Waals surface area contributed by atoms with Crippen molar-refractivity contribution in [1.82, 2.24) is 0 Å². The number of nitro benzene ring substituents is 1. The van der Waals surface area contributed by atoms with Gasteiger partial charge in [-0.15, -0.1) is 0 Å². The first-order chi connectivity index (χ1) is 10.1. The van der Waals surface area contributed by atoms with Crippen LogP contribution >= 0.6 is 0 Å². The van der Waals surface area contributed by atoms with Gasteiger partial charge in [0.05, 0.1) is 12.0 Å². The number of aryl methyl sites for hydroxylation is 1. The average molecular weight is 286 g/mol. The molecule has 0 saturated heterocycles. The number of para-hydroxylation sites is 1. The van der Waals surface area contributed by atoms with Gasteiger partial charge in [-0.2, -0.15) is 0 Å². The predicted molar refractivity (Wildman–Crippen MR) is 83.0 cm³/mol. The number of ether oxygens (including phenoxy) is 1. The van der Waals surface area contributed by atoms with E-state index in [4.69, 9.17) is 4.74 Å². The molecule has 0 saturated carbocycles.